The molecule has 1 heterocycles. The summed E-state index contributed by atoms with van der Waals surface area (Å²) in [7, 11) is -1.64. The van der Waals surface area contributed by atoms with Crippen molar-refractivity contribution in [2.75, 3.05) is 13.6 Å². The number of aryl methyl sites for hydroxylation is 1. The molecule has 0 radical (unpaired) electrons. The molecule has 1 fully saturated rings. The van der Waals surface area contributed by atoms with Gasteiger partial charge in [-0.05, 0) is 47.2 Å². The van der Waals surface area contributed by atoms with Gasteiger partial charge < -0.3 is 0 Å². The zero-order chi connectivity index (χ0) is 12.8. The highest BCUT2D eigenvalue weighted by Gasteiger charge is 2.36. The number of thiophene rings is 1. The Bertz CT molecular complexity index is 524. The van der Waals surface area contributed by atoms with E-state index in [-0.39, 0.29) is 0 Å². The first-order valence-corrected chi connectivity index (χ1v) is 8.59. The van der Waals surface area contributed by atoms with Crippen molar-refractivity contribution in [3.05, 3.63) is 14.7 Å². The maximum atomic E-state index is 12.3. The van der Waals surface area contributed by atoms with E-state index < -0.39 is 10.0 Å². The largest absolute Gasteiger partial charge is 0.243 e. The fraction of sp³-hybridized carbons (Fsp3) is 0.636. The van der Waals surface area contributed by atoms with E-state index in [1.807, 2.05) is 6.92 Å². The Morgan fingerprint density at radius 3 is 2.59 bits per heavy atom. The highest BCUT2D eigenvalue weighted by Crippen LogP contribution is 2.39. The fourth-order valence-corrected chi connectivity index (χ4v) is 5.54. The van der Waals surface area contributed by atoms with Gasteiger partial charge in [0.1, 0.15) is 0 Å². The number of rotatable bonds is 4. The first-order valence-electron chi connectivity index (χ1n) is 5.54. The molecule has 0 bridgehead atoms. The van der Waals surface area contributed by atoms with Crippen molar-refractivity contribution in [1.82, 2.24) is 4.31 Å². The van der Waals surface area contributed by atoms with Gasteiger partial charge in [0.2, 0.25) is 10.0 Å². The highest BCUT2D eigenvalue weighted by molar-refractivity contribution is 9.11. The standard InChI is InChI=1S/C11H16BrNO2S2/c1-7-4-9(7)6-13(3)17(14,15)10-5-11(12)16-8(10)2/h5,7,9H,4,6H2,1-3H3. The van der Waals surface area contributed by atoms with Crippen LogP contribution in [0.2, 0.25) is 0 Å². The Hall–Kier alpha value is 0.0900. The van der Waals surface area contributed by atoms with Gasteiger partial charge >= 0.3 is 0 Å². The number of halogens is 1. The van der Waals surface area contributed by atoms with Crippen molar-refractivity contribution in [3.63, 3.8) is 0 Å². The minimum atomic E-state index is -3.31. The molecule has 0 aliphatic heterocycles. The number of hydrogen-bond acceptors (Lipinski definition) is 3. The van der Waals surface area contributed by atoms with Crippen LogP contribution in [-0.4, -0.2) is 26.3 Å². The van der Waals surface area contributed by atoms with Crippen molar-refractivity contribution in [1.29, 1.82) is 0 Å². The number of hydrogen-bond donors (Lipinski definition) is 0. The SMILES string of the molecule is Cc1sc(Br)cc1S(=O)(=O)N(C)CC1CC1C. The monoisotopic (exact) mass is 337 g/mol. The zero-order valence-corrected chi connectivity index (χ0v) is 13.3. The van der Waals surface area contributed by atoms with Crippen LogP contribution in [0.4, 0.5) is 0 Å². The van der Waals surface area contributed by atoms with Crippen molar-refractivity contribution in [2.24, 2.45) is 11.8 Å². The molecule has 2 atom stereocenters. The molecular weight excluding hydrogens is 322 g/mol. The molecular formula is C11H16BrNO2S2. The lowest BCUT2D eigenvalue weighted by atomic mass is 10.3. The van der Waals surface area contributed by atoms with Crippen LogP contribution in [0, 0.1) is 18.8 Å². The van der Waals surface area contributed by atoms with Gasteiger partial charge in [-0.2, -0.15) is 0 Å². The topological polar surface area (TPSA) is 37.4 Å². The van der Waals surface area contributed by atoms with Crippen LogP contribution in [0.25, 0.3) is 0 Å². The molecule has 0 spiro atoms. The third kappa shape index (κ3) is 2.75. The summed E-state index contributed by atoms with van der Waals surface area (Å²) in [5.41, 5.74) is 0. The van der Waals surface area contributed by atoms with Crippen LogP contribution in [0.5, 0.6) is 0 Å². The van der Waals surface area contributed by atoms with E-state index in [4.69, 9.17) is 0 Å². The van der Waals surface area contributed by atoms with E-state index >= 15 is 0 Å². The summed E-state index contributed by atoms with van der Waals surface area (Å²) in [5.74, 6) is 1.21. The van der Waals surface area contributed by atoms with E-state index in [9.17, 15) is 8.42 Å². The Labute approximate surface area is 115 Å². The normalized spacial score (nSPS) is 24.3. The lowest BCUT2D eigenvalue weighted by Gasteiger charge is -2.16. The summed E-state index contributed by atoms with van der Waals surface area (Å²) in [4.78, 5) is 1.28. The van der Waals surface area contributed by atoms with Gasteiger partial charge in [-0.15, -0.1) is 11.3 Å². The molecule has 1 aliphatic rings. The van der Waals surface area contributed by atoms with Gasteiger partial charge in [0.05, 0.1) is 8.68 Å². The maximum Gasteiger partial charge on any atom is 0.243 e. The summed E-state index contributed by atoms with van der Waals surface area (Å²) >= 11 is 4.79. The van der Waals surface area contributed by atoms with Crippen LogP contribution in [-0.2, 0) is 10.0 Å². The summed E-state index contributed by atoms with van der Waals surface area (Å²) < 4.78 is 27.0. The second kappa shape index (κ2) is 4.64. The molecule has 0 saturated heterocycles. The number of sulfonamides is 1. The summed E-state index contributed by atoms with van der Waals surface area (Å²) in [6, 6.07) is 1.70. The zero-order valence-electron chi connectivity index (χ0n) is 10.1. The Kier molecular flexibility index (Phi) is 3.69. The van der Waals surface area contributed by atoms with E-state index in [0.29, 0.717) is 23.3 Å². The average molecular weight is 338 g/mol. The molecule has 0 amide bonds. The molecule has 3 nitrogen and oxygen atoms in total. The van der Waals surface area contributed by atoms with Crippen molar-refractivity contribution in [3.8, 4) is 0 Å². The molecule has 96 valence electrons. The summed E-state index contributed by atoms with van der Waals surface area (Å²) in [6.07, 6.45) is 1.15. The average Bonchev–Trinajstić information content (AvgIpc) is 2.77. The third-order valence-corrected chi connectivity index (χ3v) is 6.93. The highest BCUT2D eigenvalue weighted by atomic mass is 79.9. The quantitative estimate of drug-likeness (QED) is 0.846. The van der Waals surface area contributed by atoms with Crippen LogP contribution in [0.3, 0.4) is 0 Å². The Morgan fingerprint density at radius 2 is 2.18 bits per heavy atom. The Morgan fingerprint density at radius 1 is 1.59 bits per heavy atom. The minimum absolute atomic E-state index is 0.435. The van der Waals surface area contributed by atoms with E-state index in [1.165, 1.54) is 15.6 Å². The summed E-state index contributed by atoms with van der Waals surface area (Å²) in [5, 5.41) is 0. The van der Waals surface area contributed by atoms with Gasteiger partial charge in [0, 0.05) is 18.5 Å². The molecule has 0 aromatic carbocycles. The van der Waals surface area contributed by atoms with Crippen molar-refractivity contribution < 1.29 is 8.42 Å². The van der Waals surface area contributed by atoms with Gasteiger partial charge in [-0.25, -0.2) is 12.7 Å². The third-order valence-electron chi connectivity index (χ3n) is 3.30. The fourth-order valence-electron chi connectivity index (χ4n) is 1.94. The predicted octanol–water partition coefficient (Wildman–Crippen LogP) is 3.10. The lowest BCUT2D eigenvalue weighted by Crippen LogP contribution is -2.29. The molecule has 0 N–H and O–H groups in total. The van der Waals surface area contributed by atoms with E-state index in [0.717, 1.165) is 15.1 Å². The predicted molar refractivity (Wildman–Crippen MR) is 73.8 cm³/mol. The molecule has 6 heteroatoms. The minimum Gasteiger partial charge on any atom is -0.207 e. The molecule has 1 aromatic rings. The lowest BCUT2D eigenvalue weighted by molar-refractivity contribution is 0.444. The second-order valence-corrected chi connectivity index (χ2v) is 9.38. The first-order chi connectivity index (χ1) is 7.82. The molecule has 1 saturated carbocycles. The van der Waals surface area contributed by atoms with Crippen LogP contribution < -0.4 is 0 Å². The van der Waals surface area contributed by atoms with Crippen LogP contribution >= 0.6 is 27.3 Å². The Balaban J connectivity index is 2.20. The van der Waals surface area contributed by atoms with Gasteiger partial charge in [0.15, 0.2) is 0 Å². The van der Waals surface area contributed by atoms with E-state index in [1.54, 1.807) is 13.1 Å². The van der Waals surface area contributed by atoms with E-state index in [2.05, 4.69) is 22.9 Å². The summed E-state index contributed by atoms with van der Waals surface area (Å²) in [6.45, 7) is 4.64. The smallest absolute Gasteiger partial charge is 0.207 e. The van der Waals surface area contributed by atoms with Crippen molar-refractivity contribution in [2.45, 2.75) is 25.2 Å². The van der Waals surface area contributed by atoms with Gasteiger partial charge in [0.25, 0.3) is 0 Å². The molecule has 2 unspecified atom stereocenters. The van der Waals surface area contributed by atoms with Crippen LogP contribution in [0.1, 0.15) is 18.2 Å². The molecule has 1 aliphatic carbocycles. The second-order valence-electron chi connectivity index (χ2n) is 4.73. The number of nitrogens with zero attached hydrogens (tertiary/aromatic N) is 1. The molecule has 2 rings (SSSR count). The van der Waals surface area contributed by atoms with Gasteiger partial charge in [-0.3, -0.25) is 0 Å². The molecule has 1 aromatic heterocycles. The van der Waals surface area contributed by atoms with Crippen molar-refractivity contribution >= 4 is 37.3 Å². The molecule has 17 heavy (non-hydrogen) atoms. The maximum absolute atomic E-state index is 12.3. The van der Waals surface area contributed by atoms with Gasteiger partial charge in [-0.1, -0.05) is 6.92 Å². The van der Waals surface area contributed by atoms with Crippen LogP contribution in [0.15, 0.2) is 14.7 Å². The first kappa shape index (κ1) is 13.5.